The molecule has 0 bridgehead atoms. The first-order chi connectivity index (χ1) is 18.9. The number of aliphatic hydroxyl groups excluding tert-OH is 1. The molecule has 2 aliphatic heterocycles. The predicted octanol–water partition coefficient (Wildman–Crippen LogP) is 5.20. The molecule has 2 aliphatic rings. The molecule has 0 radical (unpaired) electrons. The SMILES string of the molecule is C[C@H](O)[C@@H]1C(=O)N2CCc3c([nH]c4c(-c5ccccc5)cccc34)[C@@H]2C[C@@H]1N(C)C(=O)/C=C/c1ccccc1. The Bertz CT molecular complexity index is 1540. The van der Waals surface area contributed by atoms with E-state index in [1.165, 1.54) is 10.9 Å². The normalized spacial score (nSPS) is 21.6. The summed E-state index contributed by atoms with van der Waals surface area (Å²) in [5.74, 6) is -0.952. The van der Waals surface area contributed by atoms with Crippen LogP contribution in [0.25, 0.3) is 28.1 Å². The molecule has 4 atom stereocenters. The van der Waals surface area contributed by atoms with Gasteiger partial charge in [0.05, 0.1) is 23.6 Å². The number of para-hydroxylation sites is 1. The molecular formula is C33H33N3O3. The van der Waals surface area contributed by atoms with Gasteiger partial charge in [-0.2, -0.15) is 0 Å². The van der Waals surface area contributed by atoms with E-state index >= 15 is 0 Å². The van der Waals surface area contributed by atoms with Gasteiger partial charge in [-0.15, -0.1) is 0 Å². The van der Waals surface area contributed by atoms with Gasteiger partial charge in [-0.25, -0.2) is 0 Å². The largest absolute Gasteiger partial charge is 0.393 e. The molecule has 0 saturated carbocycles. The molecule has 3 heterocycles. The maximum absolute atomic E-state index is 13.8. The number of nitrogens with zero attached hydrogens (tertiary/aromatic N) is 2. The number of carbonyl (C=O) groups excluding carboxylic acids is 2. The maximum atomic E-state index is 13.8. The Morgan fingerprint density at radius 3 is 2.49 bits per heavy atom. The third kappa shape index (κ3) is 4.45. The van der Waals surface area contributed by atoms with Crippen LogP contribution in [0, 0.1) is 5.92 Å². The molecule has 1 saturated heterocycles. The average molecular weight is 520 g/mol. The number of carbonyl (C=O) groups is 2. The molecule has 0 unspecified atom stereocenters. The summed E-state index contributed by atoms with van der Waals surface area (Å²) in [7, 11) is 1.74. The van der Waals surface area contributed by atoms with Gasteiger partial charge in [0, 0.05) is 42.4 Å². The fraction of sp³-hybridized carbons (Fsp3) is 0.273. The minimum absolute atomic E-state index is 0.0921. The standard InChI is InChI=1S/C33H33N3O3/c1-21(37)30-27(35(2)29(38)17-16-22-10-5-3-6-11-22)20-28-32-26(18-19-36(28)33(30)39)25-15-9-14-24(31(25)34-32)23-12-7-4-8-13-23/h3-17,21,27-28,30,34,37H,18-20H2,1-2H3/b17-16+/t21-,27-,28-,30-/m0/s1. The van der Waals surface area contributed by atoms with Crippen molar-refractivity contribution in [2.45, 2.75) is 38.0 Å². The summed E-state index contributed by atoms with van der Waals surface area (Å²) < 4.78 is 0. The number of aromatic nitrogens is 1. The molecule has 2 N–H and O–H groups in total. The lowest BCUT2D eigenvalue weighted by Gasteiger charge is -2.48. The molecule has 6 heteroatoms. The van der Waals surface area contributed by atoms with Crippen molar-refractivity contribution in [2.75, 3.05) is 13.6 Å². The number of hydrogen-bond donors (Lipinski definition) is 2. The van der Waals surface area contributed by atoms with E-state index in [1.54, 1.807) is 31.0 Å². The molecule has 39 heavy (non-hydrogen) atoms. The van der Waals surface area contributed by atoms with Crippen molar-refractivity contribution in [3.05, 3.63) is 102 Å². The molecule has 1 aromatic heterocycles. The van der Waals surface area contributed by atoms with E-state index in [-0.39, 0.29) is 17.9 Å². The Balaban J connectivity index is 1.36. The highest BCUT2D eigenvalue weighted by Gasteiger charge is 2.49. The van der Waals surface area contributed by atoms with E-state index in [0.717, 1.165) is 34.3 Å². The zero-order valence-corrected chi connectivity index (χ0v) is 22.2. The smallest absolute Gasteiger partial charge is 0.246 e. The van der Waals surface area contributed by atoms with Crippen LogP contribution in [0.3, 0.4) is 0 Å². The molecule has 0 spiro atoms. The summed E-state index contributed by atoms with van der Waals surface area (Å²) in [5.41, 5.74) is 6.56. The van der Waals surface area contributed by atoms with E-state index < -0.39 is 18.1 Å². The van der Waals surface area contributed by atoms with Crippen LogP contribution < -0.4 is 0 Å². The van der Waals surface area contributed by atoms with Crippen LogP contribution in [0.1, 0.15) is 36.2 Å². The second kappa shape index (κ2) is 10.2. The monoisotopic (exact) mass is 519 g/mol. The second-order valence-corrected chi connectivity index (χ2v) is 10.7. The highest BCUT2D eigenvalue weighted by Crippen LogP contribution is 2.44. The number of fused-ring (bicyclic) bond motifs is 5. The molecule has 1 fully saturated rings. The van der Waals surface area contributed by atoms with Gasteiger partial charge in [0.15, 0.2) is 0 Å². The number of H-pyrrole nitrogens is 1. The second-order valence-electron chi connectivity index (χ2n) is 10.7. The minimum atomic E-state index is -0.870. The highest BCUT2D eigenvalue weighted by molar-refractivity contribution is 5.98. The van der Waals surface area contributed by atoms with Crippen molar-refractivity contribution < 1.29 is 14.7 Å². The maximum Gasteiger partial charge on any atom is 0.246 e. The number of likely N-dealkylation sites (N-methyl/N-ethyl adjacent to an activating group) is 1. The molecule has 6 rings (SSSR count). The van der Waals surface area contributed by atoms with Crippen molar-refractivity contribution in [1.29, 1.82) is 0 Å². The van der Waals surface area contributed by atoms with Crippen molar-refractivity contribution in [3.8, 4) is 11.1 Å². The van der Waals surface area contributed by atoms with E-state index in [9.17, 15) is 14.7 Å². The molecule has 4 aromatic rings. The van der Waals surface area contributed by atoms with Crippen molar-refractivity contribution in [1.82, 2.24) is 14.8 Å². The van der Waals surface area contributed by atoms with Gasteiger partial charge in [-0.1, -0.05) is 78.9 Å². The molecule has 3 aromatic carbocycles. The van der Waals surface area contributed by atoms with Gasteiger partial charge in [0.2, 0.25) is 11.8 Å². The van der Waals surface area contributed by atoms with E-state index in [0.29, 0.717) is 13.0 Å². The Labute approximate surface area is 228 Å². The van der Waals surface area contributed by atoms with E-state index in [4.69, 9.17) is 0 Å². The molecular weight excluding hydrogens is 486 g/mol. The first kappa shape index (κ1) is 25.1. The van der Waals surface area contributed by atoms with Gasteiger partial charge in [0.1, 0.15) is 0 Å². The zero-order chi connectivity index (χ0) is 27.1. The summed E-state index contributed by atoms with van der Waals surface area (Å²) in [5, 5.41) is 11.9. The summed E-state index contributed by atoms with van der Waals surface area (Å²) in [6, 6.07) is 25.7. The van der Waals surface area contributed by atoms with E-state index in [2.05, 4.69) is 35.3 Å². The fourth-order valence-corrected chi connectivity index (χ4v) is 6.43. The third-order valence-electron chi connectivity index (χ3n) is 8.40. The lowest BCUT2D eigenvalue weighted by atomic mass is 9.79. The van der Waals surface area contributed by atoms with Gasteiger partial charge in [-0.3, -0.25) is 9.59 Å². The van der Waals surface area contributed by atoms with Crippen molar-refractivity contribution in [3.63, 3.8) is 0 Å². The number of aliphatic hydroxyl groups is 1. The number of benzene rings is 3. The Kier molecular flexibility index (Phi) is 6.57. The van der Waals surface area contributed by atoms with Crippen LogP contribution in [0.4, 0.5) is 0 Å². The molecule has 198 valence electrons. The number of hydrogen-bond acceptors (Lipinski definition) is 3. The number of nitrogens with one attached hydrogen (secondary N) is 1. The van der Waals surface area contributed by atoms with E-state index in [1.807, 2.05) is 53.4 Å². The third-order valence-corrected chi connectivity index (χ3v) is 8.40. The van der Waals surface area contributed by atoms with Crippen molar-refractivity contribution in [2.24, 2.45) is 5.92 Å². The first-order valence-electron chi connectivity index (χ1n) is 13.6. The van der Waals surface area contributed by atoms with Gasteiger partial charge >= 0.3 is 0 Å². The summed E-state index contributed by atoms with van der Waals surface area (Å²) in [4.78, 5) is 34.3. The molecule has 6 nitrogen and oxygen atoms in total. The zero-order valence-electron chi connectivity index (χ0n) is 22.2. The average Bonchev–Trinajstić information content (AvgIpc) is 3.35. The fourth-order valence-electron chi connectivity index (χ4n) is 6.43. The lowest BCUT2D eigenvalue weighted by molar-refractivity contribution is -0.154. The van der Waals surface area contributed by atoms with Crippen LogP contribution in [0.15, 0.2) is 84.9 Å². The molecule has 0 aliphatic carbocycles. The lowest BCUT2D eigenvalue weighted by Crippen LogP contribution is -2.59. The van der Waals surface area contributed by atoms with Gasteiger partial charge in [0.25, 0.3) is 0 Å². The van der Waals surface area contributed by atoms with Gasteiger partial charge in [-0.05, 0) is 42.5 Å². The predicted molar refractivity (Wildman–Crippen MR) is 154 cm³/mol. The minimum Gasteiger partial charge on any atom is -0.393 e. The first-order valence-corrected chi connectivity index (χ1v) is 13.6. The number of aromatic amines is 1. The van der Waals surface area contributed by atoms with Crippen LogP contribution in [-0.4, -0.2) is 57.4 Å². The summed E-state index contributed by atoms with van der Waals surface area (Å²) in [6.07, 6.45) is 3.78. The number of piperidine rings is 1. The van der Waals surface area contributed by atoms with Gasteiger partial charge < -0.3 is 19.9 Å². The van der Waals surface area contributed by atoms with Crippen LogP contribution in [-0.2, 0) is 16.0 Å². The van der Waals surface area contributed by atoms with Crippen LogP contribution in [0.5, 0.6) is 0 Å². The molecule has 2 amide bonds. The summed E-state index contributed by atoms with van der Waals surface area (Å²) in [6.45, 7) is 2.25. The van der Waals surface area contributed by atoms with Crippen LogP contribution >= 0.6 is 0 Å². The number of amides is 2. The highest BCUT2D eigenvalue weighted by atomic mass is 16.3. The number of rotatable bonds is 5. The topological polar surface area (TPSA) is 76.6 Å². The Morgan fingerprint density at radius 2 is 1.77 bits per heavy atom. The summed E-state index contributed by atoms with van der Waals surface area (Å²) >= 11 is 0. The van der Waals surface area contributed by atoms with Crippen molar-refractivity contribution >= 4 is 28.8 Å². The Hall–Kier alpha value is -4.16. The Morgan fingerprint density at radius 1 is 1.05 bits per heavy atom. The van der Waals surface area contributed by atoms with Crippen LogP contribution in [0.2, 0.25) is 0 Å². The quantitative estimate of drug-likeness (QED) is 0.356.